The van der Waals surface area contributed by atoms with Gasteiger partial charge in [-0.25, -0.2) is 9.78 Å². The van der Waals surface area contributed by atoms with Crippen molar-refractivity contribution in [1.29, 1.82) is 0 Å². The molecule has 2 heterocycles. The molecule has 25 heavy (non-hydrogen) atoms. The van der Waals surface area contributed by atoms with Crippen LogP contribution in [0.15, 0.2) is 30.3 Å². The fourth-order valence-electron chi connectivity index (χ4n) is 2.92. The molecule has 0 saturated carbocycles. The molecule has 2 aromatic rings. The number of hydrogen-bond donors (Lipinski definition) is 2. The zero-order valence-corrected chi connectivity index (χ0v) is 14.1. The fraction of sp³-hybridized carbons (Fsp3) is 0.412. The van der Waals surface area contributed by atoms with E-state index in [1.165, 1.54) is 12.0 Å². The quantitative estimate of drug-likeness (QED) is 0.880. The van der Waals surface area contributed by atoms with Crippen LogP contribution in [0.2, 0.25) is 0 Å². The van der Waals surface area contributed by atoms with Crippen molar-refractivity contribution in [2.45, 2.75) is 31.8 Å². The predicted octanol–water partition coefficient (Wildman–Crippen LogP) is 1.71. The number of nitrogens with one attached hydrogen (secondary N) is 2. The van der Waals surface area contributed by atoms with Crippen LogP contribution in [-0.2, 0) is 16.1 Å². The van der Waals surface area contributed by atoms with E-state index in [4.69, 9.17) is 4.74 Å². The maximum Gasteiger partial charge on any atom is 0.410 e. The maximum atomic E-state index is 12.5. The van der Waals surface area contributed by atoms with Gasteiger partial charge in [0.15, 0.2) is 5.82 Å². The van der Waals surface area contributed by atoms with Crippen LogP contribution in [0.3, 0.4) is 0 Å². The zero-order valence-electron chi connectivity index (χ0n) is 14.1. The number of carbonyl (C=O) groups excluding carboxylic acids is 2. The number of ether oxygens (including phenoxy) is 1. The van der Waals surface area contributed by atoms with Crippen molar-refractivity contribution in [2.75, 3.05) is 13.7 Å². The van der Waals surface area contributed by atoms with E-state index < -0.39 is 12.1 Å². The standard InChI is InChI=1S/C17H21N5O3/c1-25-17(24)22-10-6-5-9-13(22)16(23)18-11-14-19-15(21-20-14)12-7-3-2-4-8-12/h2-4,7-8,13H,5-6,9-11H2,1H3,(H,18,23)(H,19,20,21)/t13-/m1/s1. The first-order valence-electron chi connectivity index (χ1n) is 8.28. The maximum absolute atomic E-state index is 12.5. The lowest BCUT2D eigenvalue weighted by Gasteiger charge is -2.33. The van der Waals surface area contributed by atoms with Crippen LogP contribution in [0.5, 0.6) is 0 Å². The Bertz CT molecular complexity index is 731. The van der Waals surface area contributed by atoms with E-state index in [2.05, 4.69) is 20.5 Å². The van der Waals surface area contributed by atoms with Crippen LogP contribution in [0.25, 0.3) is 11.4 Å². The number of nitrogens with zero attached hydrogens (tertiary/aromatic N) is 3. The molecule has 0 unspecified atom stereocenters. The van der Waals surface area contributed by atoms with Gasteiger partial charge >= 0.3 is 6.09 Å². The van der Waals surface area contributed by atoms with Crippen molar-refractivity contribution in [1.82, 2.24) is 25.4 Å². The summed E-state index contributed by atoms with van der Waals surface area (Å²) >= 11 is 0. The lowest BCUT2D eigenvalue weighted by Crippen LogP contribution is -2.51. The molecule has 3 rings (SSSR count). The van der Waals surface area contributed by atoms with Gasteiger partial charge in [0.2, 0.25) is 5.91 Å². The molecule has 0 radical (unpaired) electrons. The van der Waals surface area contributed by atoms with Crippen molar-refractivity contribution < 1.29 is 14.3 Å². The summed E-state index contributed by atoms with van der Waals surface area (Å²) in [6.45, 7) is 0.759. The molecule has 8 nitrogen and oxygen atoms in total. The van der Waals surface area contributed by atoms with E-state index in [0.29, 0.717) is 24.6 Å². The second kappa shape index (κ2) is 7.78. The number of aromatic amines is 1. The minimum atomic E-state index is -0.502. The van der Waals surface area contributed by atoms with Gasteiger partial charge in [-0.3, -0.25) is 14.8 Å². The van der Waals surface area contributed by atoms with Gasteiger partial charge in [0.25, 0.3) is 0 Å². The normalized spacial score (nSPS) is 17.2. The summed E-state index contributed by atoms with van der Waals surface area (Å²) in [5.41, 5.74) is 0.903. The van der Waals surface area contributed by atoms with Gasteiger partial charge in [-0.2, -0.15) is 5.10 Å². The van der Waals surface area contributed by atoms with E-state index >= 15 is 0 Å². The largest absolute Gasteiger partial charge is 0.453 e. The summed E-state index contributed by atoms with van der Waals surface area (Å²) in [6.07, 6.45) is 1.95. The number of aromatic nitrogens is 3. The molecule has 2 N–H and O–H groups in total. The highest BCUT2D eigenvalue weighted by Gasteiger charge is 2.32. The van der Waals surface area contributed by atoms with E-state index in [0.717, 1.165) is 18.4 Å². The molecule has 0 bridgehead atoms. The summed E-state index contributed by atoms with van der Waals surface area (Å²) in [4.78, 5) is 30.1. The molecule has 1 aliphatic heterocycles. The minimum Gasteiger partial charge on any atom is -0.453 e. The molecule has 1 aromatic carbocycles. The molecule has 0 aliphatic carbocycles. The lowest BCUT2D eigenvalue weighted by molar-refractivity contribution is -0.127. The molecule has 1 aromatic heterocycles. The van der Waals surface area contributed by atoms with Crippen LogP contribution in [-0.4, -0.2) is 51.8 Å². The van der Waals surface area contributed by atoms with Crippen LogP contribution >= 0.6 is 0 Å². The Morgan fingerprint density at radius 1 is 1.32 bits per heavy atom. The predicted molar refractivity (Wildman–Crippen MR) is 90.4 cm³/mol. The number of hydrogen-bond acceptors (Lipinski definition) is 5. The third-order valence-corrected chi connectivity index (χ3v) is 4.21. The minimum absolute atomic E-state index is 0.206. The van der Waals surface area contributed by atoms with Gasteiger partial charge in [-0.05, 0) is 19.3 Å². The van der Waals surface area contributed by atoms with Crippen molar-refractivity contribution in [3.63, 3.8) is 0 Å². The number of likely N-dealkylation sites (tertiary alicyclic amines) is 1. The van der Waals surface area contributed by atoms with E-state index in [1.54, 1.807) is 0 Å². The molecular weight excluding hydrogens is 322 g/mol. The summed E-state index contributed by atoms with van der Waals surface area (Å²) in [6, 6.07) is 9.09. The molecule has 2 amide bonds. The average molecular weight is 343 g/mol. The first-order valence-corrected chi connectivity index (χ1v) is 8.28. The van der Waals surface area contributed by atoms with E-state index in [1.807, 2.05) is 30.3 Å². The van der Waals surface area contributed by atoms with E-state index in [9.17, 15) is 9.59 Å². The van der Waals surface area contributed by atoms with Gasteiger partial charge in [0.1, 0.15) is 11.9 Å². The Morgan fingerprint density at radius 3 is 2.88 bits per heavy atom. The molecule has 0 spiro atoms. The average Bonchev–Trinajstić information content (AvgIpc) is 3.15. The number of carbonyl (C=O) groups is 2. The summed E-state index contributed by atoms with van der Waals surface area (Å²) < 4.78 is 4.76. The molecular formula is C17H21N5O3. The molecule has 1 aliphatic rings. The highest BCUT2D eigenvalue weighted by Crippen LogP contribution is 2.18. The van der Waals surface area contributed by atoms with Crippen LogP contribution in [0.4, 0.5) is 4.79 Å². The van der Waals surface area contributed by atoms with Crippen molar-refractivity contribution in [2.24, 2.45) is 0 Å². The first kappa shape index (κ1) is 16.9. The highest BCUT2D eigenvalue weighted by molar-refractivity contribution is 5.85. The lowest BCUT2D eigenvalue weighted by atomic mass is 10.0. The van der Waals surface area contributed by atoms with Gasteiger partial charge in [-0.15, -0.1) is 0 Å². The van der Waals surface area contributed by atoms with E-state index in [-0.39, 0.29) is 12.5 Å². The van der Waals surface area contributed by atoms with Crippen LogP contribution in [0.1, 0.15) is 25.1 Å². The third-order valence-electron chi connectivity index (χ3n) is 4.21. The van der Waals surface area contributed by atoms with Crippen molar-refractivity contribution in [3.05, 3.63) is 36.2 Å². The monoisotopic (exact) mass is 343 g/mol. The van der Waals surface area contributed by atoms with Gasteiger partial charge in [-0.1, -0.05) is 30.3 Å². The summed E-state index contributed by atoms with van der Waals surface area (Å²) in [5, 5.41) is 9.81. The Kier molecular flexibility index (Phi) is 5.27. The van der Waals surface area contributed by atoms with Gasteiger partial charge in [0.05, 0.1) is 13.7 Å². The number of benzene rings is 1. The summed E-state index contributed by atoms with van der Waals surface area (Å²) in [5.74, 6) is 0.939. The number of rotatable bonds is 4. The van der Waals surface area contributed by atoms with Crippen molar-refractivity contribution >= 4 is 12.0 Å². The van der Waals surface area contributed by atoms with Gasteiger partial charge in [0, 0.05) is 12.1 Å². The Labute approximate surface area is 145 Å². The van der Waals surface area contributed by atoms with Gasteiger partial charge < -0.3 is 10.1 Å². The number of piperidine rings is 1. The molecule has 1 saturated heterocycles. The molecule has 1 fully saturated rings. The number of H-pyrrole nitrogens is 1. The smallest absolute Gasteiger partial charge is 0.410 e. The second-order valence-corrected chi connectivity index (χ2v) is 5.86. The Balaban J connectivity index is 1.60. The third kappa shape index (κ3) is 3.96. The van der Waals surface area contributed by atoms with Crippen molar-refractivity contribution in [3.8, 4) is 11.4 Å². The summed E-state index contributed by atoms with van der Waals surface area (Å²) in [7, 11) is 1.32. The zero-order chi connectivity index (χ0) is 17.6. The topological polar surface area (TPSA) is 100 Å². The van der Waals surface area contributed by atoms with Crippen LogP contribution in [0, 0.1) is 0 Å². The Hall–Kier alpha value is -2.90. The molecule has 8 heteroatoms. The number of amides is 2. The fourth-order valence-corrected chi connectivity index (χ4v) is 2.92. The SMILES string of the molecule is COC(=O)N1CCCC[C@@H]1C(=O)NCc1nc(-c2ccccc2)n[nH]1. The molecule has 132 valence electrons. The Morgan fingerprint density at radius 2 is 2.12 bits per heavy atom. The van der Waals surface area contributed by atoms with Crippen LogP contribution < -0.4 is 5.32 Å². The molecule has 1 atom stereocenters. The number of methoxy groups -OCH3 is 1. The second-order valence-electron chi connectivity index (χ2n) is 5.86. The highest BCUT2D eigenvalue weighted by atomic mass is 16.5. The first-order chi connectivity index (χ1) is 12.2.